The average molecular weight is 514 g/mol. The number of aliphatic carboxylic acids is 1. The zero-order valence-electron chi connectivity index (χ0n) is 18.2. The molecule has 1 aromatic heterocycles. The second-order valence-electron chi connectivity index (χ2n) is 7.90. The molecule has 0 saturated carbocycles. The van der Waals surface area contributed by atoms with Crippen LogP contribution in [0, 0.1) is 5.82 Å². The monoisotopic (exact) mass is 513 g/mol. The van der Waals surface area contributed by atoms with E-state index in [-0.39, 0.29) is 56.7 Å². The van der Waals surface area contributed by atoms with Gasteiger partial charge in [-0.3, -0.25) is 9.59 Å². The predicted octanol–water partition coefficient (Wildman–Crippen LogP) is 4.19. The third-order valence-corrected chi connectivity index (χ3v) is 6.26. The lowest BCUT2D eigenvalue weighted by molar-refractivity contribution is -0.134. The molecule has 0 aliphatic carbocycles. The third-order valence-electron chi connectivity index (χ3n) is 5.65. The molecule has 8 nitrogen and oxygen atoms in total. The molecule has 1 aliphatic heterocycles. The Bertz CT molecular complexity index is 1310. The minimum absolute atomic E-state index is 0.0276. The highest BCUT2D eigenvalue weighted by molar-refractivity contribution is 6.36. The first-order chi connectivity index (χ1) is 16.0. The molecule has 4 rings (SSSR count). The van der Waals surface area contributed by atoms with Crippen LogP contribution < -0.4 is 5.43 Å². The summed E-state index contributed by atoms with van der Waals surface area (Å²) in [6.07, 6.45) is 0.597. The number of likely N-dealkylation sites (tertiary alicyclic amines) is 1. The molecule has 0 bridgehead atoms. The van der Waals surface area contributed by atoms with Gasteiger partial charge in [0.2, 0.25) is 0 Å². The zero-order chi connectivity index (χ0) is 25.3. The van der Waals surface area contributed by atoms with Gasteiger partial charge in [0.05, 0.1) is 16.7 Å². The smallest absolute Gasteiger partial charge is 0.300 e. The number of phenols is 2. The molecule has 0 spiro atoms. The Hall–Kier alpha value is -2.85. The van der Waals surface area contributed by atoms with Crippen LogP contribution in [0.3, 0.4) is 0 Å². The van der Waals surface area contributed by atoms with Crippen molar-refractivity contribution in [1.29, 1.82) is 0 Å². The van der Waals surface area contributed by atoms with Gasteiger partial charge in [0.1, 0.15) is 34.0 Å². The van der Waals surface area contributed by atoms with E-state index in [1.54, 1.807) is 0 Å². The lowest BCUT2D eigenvalue weighted by Crippen LogP contribution is -2.32. The van der Waals surface area contributed by atoms with E-state index < -0.39 is 23.0 Å². The molecule has 2 aromatic carbocycles. The van der Waals surface area contributed by atoms with Crippen molar-refractivity contribution >= 4 is 40.1 Å². The highest BCUT2D eigenvalue weighted by atomic mass is 35.5. The number of carboxylic acids is 1. The third kappa shape index (κ3) is 4.97. The summed E-state index contributed by atoms with van der Waals surface area (Å²) in [6, 6.07) is 4.13. The van der Waals surface area contributed by atoms with Crippen molar-refractivity contribution in [3.8, 4) is 22.8 Å². The molecule has 0 amide bonds. The van der Waals surface area contributed by atoms with Crippen LogP contribution in [0.25, 0.3) is 22.3 Å². The van der Waals surface area contributed by atoms with Gasteiger partial charge in [-0.05, 0) is 32.1 Å². The summed E-state index contributed by atoms with van der Waals surface area (Å²) in [5.74, 6) is -2.65. The van der Waals surface area contributed by atoms with E-state index in [2.05, 4.69) is 0 Å². The van der Waals surface area contributed by atoms with Gasteiger partial charge in [-0.15, -0.1) is 0 Å². The molecule has 2 heterocycles. The van der Waals surface area contributed by atoms with Crippen LogP contribution in [0.1, 0.15) is 24.8 Å². The van der Waals surface area contributed by atoms with Crippen molar-refractivity contribution in [1.82, 2.24) is 4.90 Å². The molecule has 0 unspecified atom stereocenters. The van der Waals surface area contributed by atoms with Gasteiger partial charge in [0.15, 0.2) is 5.43 Å². The molecule has 0 radical (unpaired) electrons. The Morgan fingerprint density at radius 1 is 1.18 bits per heavy atom. The van der Waals surface area contributed by atoms with E-state index in [0.717, 1.165) is 25.1 Å². The van der Waals surface area contributed by atoms with E-state index in [4.69, 9.17) is 37.5 Å². The number of phenolic OH excluding ortho intramolecular Hbond substituents is 2. The number of aliphatic hydroxyl groups is 1. The van der Waals surface area contributed by atoms with Gasteiger partial charge in [-0.1, -0.05) is 23.2 Å². The highest BCUT2D eigenvalue weighted by Gasteiger charge is 2.36. The summed E-state index contributed by atoms with van der Waals surface area (Å²) in [5, 5.41) is 37.9. The number of nitrogens with zero attached hydrogens (tertiary/aromatic N) is 1. The highest BCUT2D eigenvalue weighted by Crippen LogP contribution is 2.44. The molecule has 34 heavy (non-hydrogen) atoms. The lowest BCUT2D eigenvalue weighted by Gasteiger charge is -2.24. The van der Waals surface area contributed by atoms with Crippen LogP contribution in [0.4, 0.5) is 4.39 Å². The standard InChI is InChI=1S/C21H18Cl2FNO5.C2H4O2/c1-25-3-2-9(14(25)8-26)19-15(27)6-16(28)20-17(29)7-18(30-21(19)20)10-4-13(24)12(23)5-11(10)22;1-2(3)4/h4-7,9,14,26-28H,2-3,8H2,1H3;1H3,(H,3,4)/t9-,14+;/m1./s1. The minimum atomic E-state index is -0.833. The van der Waals surface area contributed by atoms with Crippen molar-refractivity contribution < 1.29 is 34.0 Å². The summed E-state index contributed by atoms with van der Waals surface area (Å²) in [7, 11) is 1.85. The number of rotatable bonds is 3. The number of hydrogen-bond acceptors (Lipinski definition) is 7. The number of carbonyl (C=O) groups is 1. The maximum atomic E-state index is 14.0. The Balaban J connectivity index is 0.000000751. The zero-order valence-corrected chi connectivity index (χ0v) is 19.7. The van der Waals surface area contributed by atoms with Crippen LogP contribution in [-0.4, -0.2) is 57.5 Å². The van der Waals surface area contributed by atoms with Crippen molar-refractivity contribution in [2.45, 2.75) is 25.3 Å². The SMILES string of the molecule is CC(=O)O.CN1CC[C@@H](c2c(O)cc(O)c3c(=O)cc(-c4cc(F)c(Cl)cc4Cl)oc23)[C@@H]1CO. The lowest BCUT2D eigenvalue weighted by atomic mass is 9.89. The maximum Gasteiger partial charge on any atom is 0.300 e. The molecule has 11 heteroatoms. The first-order valence-electron chi connectivity index (χ1n) is 10.1. The fourth-order valence-electron chi connectivity index (χ4n) is 4.14. The van der Waals surface area contributed by atoms with E-state index in [1.165, 1.54) is 6.07 Å². The Morgan fingerprint density at radius 3 is 2.44 bits per heavy atom. The largest absolute Gasteiger partial charge is 0.507 e. The van der Waals surface area contributed by atoms with Crippen LogP contribution >= 0.6 is 23.2 Å². The molecule has 4 N–H and O–H groups in total. The molecule has 2 atom stereocenters. The Labute approximate surface area is 203 Å². The number of halogens is 3. The summed E-state index contributed by atoms with van der Waals surface area (Å²) in [5.41, 5.74) is -0.201. The van der Waals surface area contributed by atoms with Crippen LogP contribution in [-0.2, 0) is 4.79 Å². The molecular formula is C23H22Cl2FNO7. The van der Waals surface area contributed by atoms with Gasteiger partial charge in [0.25, 0.3) is 5.97 Å². The second-order valence-corrected chi connectivity index (χ2v) is 8.71. The van der Waals surface area contributed by atoms with E-state index in [1.807, 2.05) is 11.9 Å². The van der Waals surface area contributed by atoms with Gasteiger partial charge in [-0.2, -0.15) is 0 Å². The van der Waals surface area contributed by atoms with E-state index in [0.29, 0.717) is 18.5 Å². The number of aliphatic hydroxyl groups excluding tert-OH is 1. The van der Waals surface area contributed by atoms with E-state index >= 15 is 0 Å². The fourth-order valence-corrected chi connectivity index (χ4v) is 4.61. The van der Waals surface area contributed by atoms with Crippen LogP contribution in [0.5, 0.6) is 11.5 Å². The normalized spacial score (nSPS) is 18.1. The van der Waals surface area contributed by atoms with Crippen molar-refractivity contribution in [3.63, 3.8) is 0 Å². The summed E-state index contributed by atoms with van der Waals surface area (Å²) < 4.78 is 20.0. The molecule has 1 fully saturated rings. The number of fused-ring (bicyclic) bond motifs is 1. The van der Waals surface area contributed by atoms with Crippen molar-refractivity contribution in [2.75, 3.05) is 20.2 Å². The first-order valence-corrected chi connectivity index (χ1v) is 10.9. The summed E-state index contributed by atoms with van der Waals surface area (Å²) in [6.45, 7) is 1.58. The number of carboxylic acid groups (broad SMARTS) is 1. The van der Waals surface area contributed by atoms with Gasteiger partial charge >= 0.3 is 0 Å². The molecule has 182 valence electrons. The molecule has 1 aliphatic rings. The molecular weight excluding hydrogens is 492 g/mol. The topological polar surface area (TPSA) is 131 Å². The summed E-state index contributed by atoms with van der Waals surface area (Å²) in [4.78, 5) is 23.8. The van der Waals surface area contributed by atoms with Gasteiger partial charge in [-0.25, -0.2) is 4.39 Å². The minimum Gasteiger partial charge on any atom is -0.507 e. The second kappa shape index (κ2) is 10.2. The van der Waals surface area contributed by atoms with Crippen molar-refractivity contribution in [2.24, 2.45) is 0 Å². The maximum absolute atomic E-state index is 14.0. The van der Waals surface area contributed by atoms with Gasteiger partial charge < -0.3 is 29.7 Å². The van der Waals surface area contributed by atoms with Gasteiger partial charge in [0, 0.05) is 42.1 Å². The first kappa shape index (κ1) is 25.8. The quantitative estimate of drug-likeness (QED) is 0.383. The van der Waals surface area contributed by atoms with Crippen molar-refractivity contribution in [3.05, 3.63) is 55.9 Å². The predicted molar refractivity (Wildman–Crippen MR) is 125 cm³/mol. The van der Waals surface area contributed by atoms with Crippen LogP contribution in [0.15, 0.2) is 33.5 Å². The number of benzene rings is 2. The Kier molecular flexibility index (Phi) is 7.72. The van der Waals surface area contributed by atoms with E-state index in [9.17, 15) is 24.5 Å². The fraction of sp³-hybridized carbons (Fsp3) is 0.304. The van der Waals surface area contributed by atoms with Crippen LogP contribution in [0.2, 0.25) is 10.0 Å². The number of hydrogen-bond donors (Lipinski definition) is 4. The Morgan fingerprint density at radius 2 is 1.82 bits per heavy atom. The molecule has 1 saturated heterocycles. The average Bonchev–Trinajstić information content (AvgIpc) is 3.09. The summed E-state index contributed by atoms with van der Waals surface area (Å²) >= 11 is 11.9. The molecule has 3 aromatic rings. The number of aromatic hydroxyl groups is 2. The number of likely N-dealkylation sites (N-methyl/N-ethyl adjacent to an activating group) is 1.